The Morgan fingerprint density at radius 3 is 2.35 bits per heavy atom. The van der Waals surface area contributed by atoms with E-state index in [1.165, 1.54) is 0 Å². The SMILES string of the molecule is CCc1noc(C)c1C(=O)NCC(CC)(CC)C(=O)O. The normalized spacial score (nSPS) is 11.4. The summed E-state index contributed by atoms with van der Waals surface area (Å²) in [6, 6.07) is 0. The Bertz CT molecular complexity index is 489. The van der Waals surface area contributed by atoms with Crippen LogP contribution in [0, 0.1) is 12.3 Å². The van der Waals surface area contributed by atoms with Gasteiger partial charge in [-0.2, -0.15) is 0 Å². The summed E-state index contributed by atoms with van der Waals surface area (Å²) in [5, 5.41) is 15.9. The van der Waals surface area contributed by atoms with Gasteiger partial charge in [-0.25, -0.2) is 0 Å². The minimum Gasteiger partial charge on any atom is -0.481 e. The number of amides is 1. The Kier molecular flexibility index (Phi) is 5.30. The van der Waals surface area contributed by atoms with Crippen molar-refractivity contribution in [2.75, 3.05) is 6.54 Å². The quantitative estimate of drug-likeness (QED) is 0.799. The van der Waals surface area contributed by atoms with Crippen LogP contribution in [0.15, 0.2) is 4.52 Å². The number of carbonyl (C=O) groups is 2. The summed E-state index contributed by atoms with van der Waals surface area (Å²) in [5.41, 5.74) is 0.0838. The second kappa shape index (κ2) is 6.54. The van der Waals surface area contributed by atoms with E-state index in [4.69, 9.17) is 4.52 Å². The van der Waals surface area contributed by atoms with E-state index in [0.717, 1.165) is 0 Å². The standard InChI is InChI=1S/C14H22N2O4/c1-5-10-11(9(4)20-16-10)12(17)15-8-14(6-2,7-3)13(18)19/h5-8H2,1-4H3,(H,15,17)(H,18,19). The Morgan fingerprint density at radius 2 is 1.90 bits per heavy atom. The second-order valence-electron chi connectivity index (χ2n) is 4.89. The van der Waals surface area contributed by atoms with Crippen LogP contribution in [0.3, 0.4) is 0 Å². The van der Waals surface area contributed by atoms with Crippen molar-refractivity contribution in [3.63, 3.8) is 0 Å². The van der Waals surface area contributed by atoms with Gasteiger partial charge in [-0.05, 0) is 26.2 Å². The molecule has 112 valence electrons. The number of carboxylic acids is 1. The Morgan fingerprint density at radius 1 is 1.30 bits per heavy atom. The van der Waals surface area contributed by atoms with Crippen LogP contribution in [0.5, 0.6) is 0 Å². The predicted octanol–water partition coefficient (Wildman–Crippen LogP) is 2.17. The van der Waals surface area contributed by atoms with E-state index in [2.05, 4.69) is 10.5 Å². The molecule has 0 bridgehead atoms. The number of aromatic nitrogens is 1. The zero-order chi connectivity index (χ0) is 15.3. The van der Waals surface area contributed by atoms with Crippen LogP contribution in [-0.2, 0) is 11.2 Å². The van der Waals surface area contributed by atoms with Crippen molar-refractivity contribution in [2.45, 2.75) is 47.0 Å². The molecule has 6 nitrogen and oxygen atoms in total. The molecular weight excluding hydrogens is 260 g/mol. The lowest BCUT2D eigenvalue weighted by Gasteiger charge is -2.26. The molecule has 0 saturated carbocycles. The van der Waals surface area contributed by atoms with Gasteiger partial charge in [-0.1, -0.05) is 25.9 Å². The van der Waals surface area contributed by atoms with Crippen LogP contribution in [0.4, 0.5) is 0 Å². The van der Waals surface area contributed by atoms with Crippen LogP contribution in [0.2, 0.25) is 0 Å². The first-order valence-electron chi connectivity index (χ1n) is 6.88. The highest BCUT2D eigenvalue weighted by Crippen LogP contribution is 2.26. The number of aryl methyl sites for hydroxylation is 2. The summed E-state index contributed by atoms with van der Waals surface area (Å²) in [6.07, 6.45) is 1.51. The molecule has 6 heteroatoms. The van der Waals surface area contributed by atoms with Gasteiger partial charge < -0.3 is 14.9 Å². The van der Waals surface area contributed by atoms with Crippen LogP contribution >= 0.6 is 0 Å². The third kappa shape index (κ3) is 3.00. The van der Waals surface area contributed by atoms with Crippen molar-refractivity contribution in [3.8, 4) is 0 Å². The molecule has 0 aliphatic heterocycles. The number of nitrogens with zero attached hydrogens (tertiary/aromatic N) is 1. The molecule has 0 saturated heterocycles. The average Bonchev–Trinajstić information content (AvgIpc) is 2.81. The number of aliphatic carboxylic acids is 1. The lowest BCUT2D eigenvalue weighted by molar-refractivity contribution is -0.149. The minimum atomic E-state index is -0.924. The first-order valence-corrected chi connectivity index (χ1v) is 6.88. The maximum absolute atomic E-state index is 12.2. The van der Waals surface area contributed by atoms with Crippen molar-refractivity contribution in [3.05, 3.63) is 17.0 Å². The number of hydrogen-bond donors (Lipinski definition) is 2. The largest absolute Gasteiger partial charge is 0.481 e. The van der Waals surface area contributed by atoms with Gasteiger partial charge in [-0.3, -0.25) is 9.59 Å². The summed E-state index contributed by atoms with van der Waals surface area (Å²) in [4.78, 5) is 23.6. The Balaban J connectivity index is 2.86. The topological polar surface area (TPSA) is 92.4 Å². The summed E-state index contributed by atoms with van der Waals surface area (Å²) in [5.74, 6) is -0.762. The van der Waals surface area contributed by atoms with Crippen LogP contribution < -0.4 is 5.32 Å². The molecule has 0 aliphatic rings. The fraction of sp³-hybridized carbons (Fsp3) is 0.643. The van der Waals surface area contributed by atoms with Gasteiger partial charge in [-0.15, -0.1) is 0 Å². The molecule has 20 heavy (non-hydrogen) atoms. The van der Waals surface area contributed by atoms with Gasteiger partial charge >= 0.3 is 5.97 Å². The highest BCUT2D eigenvalue weighted by molar-refractivity contribution is 5.96. The lowest BCUT2D eigenvalue weighted by Crippen LogP contribution is -2.42. The zero-order valence-corrected chi connectivity index (χ0v) is 12.4. The maximum atomic E-state index is 12.2. The van der Waals surface area contributed by atoms with Gasteiger partial charge in [0.15, 0.2) is 0 Å². The van der Waals surface area contributed by atoms with E-state index < -0.39 is 11.4 Å². The molecule has 1 heterocycles. The van der Waals surface area contributed by atoms with Crippen LogP contribution in [0.25, 0.3) is 0 Å². The summed E-state index contributed by atoms with van der Waals surface area (Å²) >= 11 is 0. The lowest BCUT2D eigenvalue weighted by atomic mass is 9.82. The predicted molar refractivity (Wildman–Crippen MR) is 73.6 cm³/mol. The fourth-order valence-corrected chi connectivity index (χ4v) is 2.17. The number of carboxylic acid groups (broad SMARTS) is 1. The fourth-order valence-electron chi connectivity index (χ4n) is 2.17. The van der Waals surface area contributed by atoms with E-state index >= 15 is 0 Å². The third-order valence-electron chi connectivity index (χ3n) is 3.89. The molecule has 1 aromatic rings. The molecule has 0 radical (unpaired) electrons. The molecule has 0 aliphatic carbocycles. The highest BCUT2D eigenvalue weighted by Gasteiger charge is 2.35. The molecule has 0 spiro atoms. The molecule has 1 aromatic heterocycles. The van der Waals surface area contributed by atoms with E-state index in [0.29, 0.717) is 36.3 Å². The first kappa shape index (κ1) is 16.2. The number of hydrogen-bond acceptors (Lipinski definition) is 4. The van der Waals surface area contributed by atoms with Crippen molar-refractivity contribution >= 4 is 11.9 Å². The molecular formula is C14H22N2O4. The Hall–Kier alpha value is -1.85. The number of nitrogens with one attached hydrogen (secondary N) is 1. The van der Waals surface area contributed by atoms with E-state index in [1.807, 2.05) is 20.8 Å². The van der Waals surface area contributed by atoms with Crippen LogP contribution in [-0.4, -0.2) is 28.7 Å². The monoisotopic (exact) mass is 282 g/mol. The van der Waals surface area contributed by atoms with Crippen molar-refractivity contribution in [1.29, 1.82) is 0 Å². The van der Waals surface area contributed by atoms with Gasteiger partial charge in [0.05, 0.1) is 11.1 Å². The summed E-state index contributed by atoms with van der Waals surface area (Å²) < 4.78 is 5.01. The average molecular weight is 282 g/mol. The van der Waals surface area contributed by atoms with Crippen molar-refractivity contribution in [2.24, 2.45) is 5.41 Å². The van der Waals surface area contributed by atoms with E-state index in [-0.39, 0.29) is 12.5 Å². The second-order valence-corrected chi connectivity index (χ2v) is 4.89. The summed E-state index contributed by atoms with van der Waals surface area (Å²) in [6.45, 7) is 7.28. The molecule has 2 N–H and O–H groups in total. The van der Waals surface area contributed by atoms with Crippen molar-refractivity contribution in [1.82, 2.24) is 10.5 Å². The molecule has 1 amide bonds. The Labute approximate surface area is 118 Å². The minimum absolute atomic E-state index is 0.0991. The molecule has 1 rings (SSSR count). The van der Waals surface area contributed by atoms with Gasteiger partial charge in [0.25, 0.3) is 5.91 Å². The van der Waals surface area contributed by atoms with Gasteiger partial charge in [0.2, 0.25) is 0 Å². The number of rotatable bonds is 7. The molecule has 0 unspecified atom stereocenters. The first-order chi connectivity index (χ1) is 9.41. The van der Waals surface area contributed by atoms with Gasteiger partial charge in [0.1, 0.15) is 11.3 Å². The van der Waals surface area contributed by atoms with E-state index in [9.17, 15) is 14.7 Å². The molecule has 0 aromatic carbocycles. The van der Waals surface area contributed by atoms with Crippen molar-refractivity contribution < 1.29 is 19.2 Å². The third-order valence-corrected chi connectivity index (χ3v) is 3.89. The number of carbonyl (C=O) groups excluding carboxylic acids is 1. The highest BCUT2D eigenvalue weighted by atomic mass is 16.5. The summed E-state index contributed by atoms with van der Waals surface area (Å²) in [7, 11) is 0. The molecule has 0 fully saturated rings. The zero-order valence-electron chi connectivity index (χ0n) is 12.4. The maximum Gasteiger partial charge on any atom is 0.311 e. The van der Waals surface area contributed by atoms with Gasteiger partial charge in [0, 0.05) is 6.54 Å². The van der Waals surface area contributed by atoms with Crippen LogP contribution in [0.1, 0.15) is 55.4 Å². The smallest absolute Gasteiger partial charge is 0.311 e. The molecule has 0 atom stereocenters. The van der Waals surface area contributed by atoms with E-state index in [1.54, 1.807) is 6.92 Å².